The van der Waals surface area contributed by atoms with E-state index in [1.807, 2.05) is 24.4 Å². The van der Waals surface area contributed by atoms with Crippen LogP contribution in [0.1, 0.15) is 17.4 Å². The Labute approximate surface area is 283 Å². The van der Waals surface area contributed by atoms with Gasteiger partial charge in [-0.1, -0.05) is 97.1 Å². The molecular formula is C44H29N3O2. The lowest BCUT2D eigenvalue weighted by molar-refractivity contribution is 0.408. The molecule has 0 spiro atoms. The average molecular weight is 632 g/mol. The standard InChI is InChI=1S/C44H29N3O2/c1-2-9-30-29(8-1)32-12-5-11-31-28(21-22-33(30)40(31)32)26-17-19-27(20-18-26)47(35-13-6-15-38-41(35)43-39(48-38)16-7-24-45-43)36-23-25-46-42-34-10-3-4-14-37(34)49-44(36)42/h1-23,25,42,45-46H,24H2. The van der Waals surface area contributed by atoms with Crippen molar-refractivity contribution in [1.82, 2.24) is 5.32 Å². The Kier molecular flexibility index (Phi) is 5.44. The van der Waals surface area contributed by atoms with Crippen molar-refractivity contribution in [1.29, 1.82) is 0 Å². The summed E-state index contributed by atoms with van der Waals surface area (Å²) in [5.74, 6) is 2.60. The largest absolute Gasteiger partial charge is 0.457 e. The van der Waals surface area contributed by atoms with E-state index in [4.69, 9.17) is 9.15 Å². The van der Waals surface area contributed by atoms with Gasteiger partial charge in [-0.15, -0.1) is 0 Å². The third kappa shape index (κ3) is 3.75. The number of nitrogens with one attached hydrogen (secondary N) is 2. The molecule has 1 aromatic heterocycles. The lowest BCUT2D eigenvalue weighted by Crippen LogP contribution is -2.27. The molecule has 232 valence electrons. The SMILES string of the molecule is C1=Cc2oc3cccc(N(C4=C5Oc6ccccc6C5NC=C4)c4ccc(-c5ccc6c7c(cccc57)-c5ccccc5-6)cc4)c3c2NC1. The molecular weight excluding hydrogens is 603 g/mol. The van der Waals surface area contributed by atoms with Crippen LogP contribution in [0.3, 0.4) is 0 Å². The summed E-state index contributed by atoms with van der Waals surface area (Å²) in [6, 6.07) is 43.4. The van der Waals surface area contributed by atoms with E-state index in [1.165, 1.54) is 44.2 Å². The second-order valence-corrected chi connectivity index (χ2v) is 12.9. The minimum Gasteiger partial charge on any atom is -0.457 e. The van der Waals surface area contributed by atoms with Crippen LogP contribution < -0.4 is 20.3 Å². The van der Waals surface area contributed by atoms with E-state index in [1.54, 1.807) is 0 Å². The highest BCUT2D eigenvalue weighted by Crippen LogP contribution is 2.51. The number of hydrogen-bond donors (Lipinski definition) is 2. The van der Waals surface area contributed by atoms with Crippen molar-refractivity contribution in [3.8, 4) is 39.1 Å². The van der Waals surface area contributed by atoms with Gasteiger partial charge in [-0.05, 0) is 92.8 Å². The molecule has 5 nitrogen and oxygen atoms in total. The van der Waals surface area contributed by atoms with Gasteiger partial charge in [-0.25, -0.2) is 0 Å². The van der Waals surface area contributed by atoms with E-state index in [-0.39, 0.29) is 6.04 Å². The molecule has 0 bridgehead atoms. The van der Waals surface area contributed by atoms with Crippen molar-refractivity contribution in [3.05, 3.63) is 162 Å². The summed E-state index contributed by atoms with van der Waals surface area (Å²) in [4.78, 5) is 2.32. The van der Waals surface area contributed by atoms with Gasteiger partial charge in [-0.2, -0.15) is 0 Å². The van der Waals surface area contributed by atoms with Crippen molar-refractivity contribution in [3.63, 3.8) is 0 Å². The molecule has 11 rings (SSSR count). The fourth-order valence-electron chi connectivity index (χ4n) is 8.20. The minimum atomic E-state index is -0.0748. The number of rotatable bonds is 4. The number of hydrogen-bond acceptors (Lipinski definition) is 5. The van der Waals surface area contributed by atoms with Crippen LogP contribution in [0.15, 0.2) is 156 Å². The molecule has 0 radical (unpaired) electrons. The van der Waals surface area contributed by atoms with E-state index in [9.17, 15) is 0 Å². The van der Waals surface area contributed by atoms with Gasteiger partial charge in [0.2, 0.25) is 0 Å². The summed E-state index contributed by atoms with van der Waals surface area (Å²) in [7, 11) is 0. The molecule has 6 aromatic carbocycles. The first-order valence-electron chi connectivity index (χ1n) is 16.8. The molecule has 4 heterocycles. The van der Waals surface area contributed by atoms with Gasteiger partial charge in [-0.3, -0.25) is 0 Å². The Morgan fingerprint density at radius 3 is 2.33 bits per heavy atom. The van der Waals surface area contributed by atoms with Gasteiger partial charge in [0.15, 0.2) is 11.5 Å². The Bertz CT molecular complexity index is 2600. The normalized spacial score (nSPS) is 16.1. The summed E-state index contributed by atoms with van der Waals surface area (Å²) >= 11 is 0. The fourth-order valence-corrected chi connectivity index (χ4v) is 8.20. The molecule has 1 atom stereocenters. The highest BCUT2D eigenvalue weighted by Gasteiger charge is 2.36. The maximum atomic E-state index is 6.62. The predicted octanol–water partition coefficient (Wildman–Crippen LogP) is 10.9. The summed E-state index contributed by atoms with van der Waals surface area (Å²) in [6.07, 6.45) is 8.30. The first kappa shape index (κ1) is 26.6. The highest BCUT2D eigenvalue weighted by molar-refractivity contribution is 6.18. The fraction of sp³-hybridized carbons (Fsp3) is 0.0455. The molecule has 4 aliphatic rings. The quantitative estimate of drug-likeness (QED) is 0.202. The van der Waals surface area contributed by atoms with Gasteiger partial charge in [0.1, 0.15) is 17.4 Å². The third-order valence-electron chi connectivity index (χ3n) is 10.3. The van der Waals surface area contributed by atoms with Gasteiger partial charge in [0.25, 0.3) is 0 Å². The topological polar surface area (TPSA) is 49.7 Å². The molecule has 0 fully saturated rings. The van der Waals surface area contributed by atoms with Crippen LogP contribution in [0.2, 0.25) is 0 Å². The molecule has 0 amide bonds. The summed E-state index contributed by atoms with van der Waals surface area (Å²) < 4.78 is 13.0. The van der Waals surface area contributed by atoms with E-state index in [2.05, 4.69) is 137 Å². The van der Waals surface area contributed by atoms with Crippen LogP contribution in [0, 0.1) is 0 Å². The van der Waals surface area contributed by atoms with E-state index >= 15 is 0 Å². The lowest BCUT2D eigenvalue weighted by atomic mass is 9.94. The number of ether oxygens (including phenoxy) is 1. The van der Waals surface area contributed by atoms with E-state index in [0.29, 0.717) is 0 Å². The summed E-state index contributed by atoms with van der Waals surface area (Å²) in [6.45, 7) is 0.752. The Morgan fingerprint density at radius 1 is 0.653 bits per heavy atom. The number of para-hydroxylation sites is 1. The lowest BCUT2D eigenvalue weighted by Gasteiger charge is -2.31. The van der Waals surface area contributed by atoms with Gasteiger partial charge >= 0.3 is 0 Å². The van der Waals surface area contributed by atoms with Crippen molar-refractivity contribution in [2.24, 2.45) is 0 Å². The maximum absolute atomic E-state index is 6.62. The van der Waals surface area contributed by atoms with Crippen molar-refractivity contribution in [2.45, 2.75) is 6.04 Å². The smallest absolute Gasteiger partial charge is 0.155 e. The third-order valence-corrected chi connectivity index (χ3v) is 10.3. The molecule has 1 unspecified atom stereocenters. The Balaban J connectivity index is 1.09. The molecule has 2 N–H and O–H groups in total. The van der Waals surface area contributed by atoms with Crippen LogP contribution in [0.4, 0.5) is 17.1 Å². The van der Waals surface area contributed by atoms with Crippen LogP contribution in [0.5, 0.6) is 5.75 Å². The molecule has 0 saturated heterocycles. The van der Waals surface area contributed by atoms with Crippen molar-refractivity contribution >= 4 is 44.9 Å². The number of fused-ring (bicyclic) bond motifs is 9. The number of furan rings is 1. The molecule has 49 heavy (non-hydrogen) atoms. The van der Waals surface area contributed by atoms with Crippen LogP contribution in [0.25, 0.3) is 61.2 Å². The first-order valence-corrected chi connectivity index (χ1v) is 16.8. The molecule has 1 aliphatic carbocycles. The van der Waals surface area contributed by atoms with Crippen LogP contribution in [-0.4, -0.2) is 6.54 Å². The van der Waals surface area contributed by atoms with Crippen molar-refractivity contribution in [2.75, 3.05) is 16.8 Å². The number of allylic oxidation sites excluding steroid dienone is 1. The monoisotopic (exact) mass is 631 g/mol. The van der Waals surface area contributed by atoms with Gasteiger partial charge in [0, 0.05) is 17.8 Å². The average Bonchev–Trinajstić information content (AvgIpc) is 3.84. The van der Waals surface area contributed by atoms with Gasteiger partial charge in [0.05, 0.1) is 22.5 Å². The molecule has 0 saturated carbocycles. The Morgan fingerprint density at radius 2 is 1.43 bits per heavy atom. The second-order valence-electron chi connectivity index (χ2n) is 12.9. The van der Waals surface area contributed by atoms with Gasteiger partial charge < -0.3 is 24.7 Å². The molecule has 3 aliphatic heterocycles. The van der Waals surface area contributed by atoms with Crippen LogP contribution >= 0.6 is 0 Å². The van der Waals surface area contributed by atoms with E-state index < -0.39 is 0 Å². The number of dihydropyridines is 1. The molecule has 5 heteroatoms. The maximum Gasteiger partial charge on any atom is 0.155 e. The Hall–Kier alpha value is -6.46. The predicted molar refractivity (Wildman–Crippen MR) is 199 cm³/mol. The highest BCUT2D eigenvalue weighted by atomic mass is 16.5. The van der Waals surface area contributed by atoms with Crippen molar-refractivity contribution < 1.29 is 9.15 Å². The second kappa shape index (κ2) is 10.0. The zero-order valence-electron chi connectivity index (χ0n) is 26.4. The summed E-state index contributed by atoms with van der Waals surface area (Å²) in [5, 5.41) is 10.8. The number of benzene rings is 6. The molecule has 7 aromatic rings. The van der Waals surface area contributed by atoms with E-state index in [0.717, 1.165) is 63.1 Å². The van der Waals surface area contributed by atoms with Crippen LogP contribution in [-0.2, 0) is 0 Å². The first-order chi connectivity index (χ1) is 24.3. The zero-order chi connectivity index (χ0) is 32.1. The zero-order valence-corrected chi connectivity index (χ0v) is 26.4. The minimum absolute atomic E-state index is 0.0748. The summed E-state index contributed by atoms with van der Waals surface area (Å²) in [5.41, 5.74) is 13.7. The number of nitrogens with zero attached hydrogens (tertiary/aromatic N) is 1. The number of anilines is 3.